The summed E-state index contributed by atoms with van der Waals surface area (Å²) in [6.07, 6.45) is 71.1. The lowest BCUT2D eigenvalue weighted by molar-refractivity contribution is -0.162. The van der Waals surface area contributed by atoms with Crippen LogP contribution in [0.2, 0.25) is 0 Å². The molecule has 62 heavy (non-hydrogen) atoms. The van der Waals surface area contributed by atoms with Gasteiger partial charge in [0.1, 0.15) is 6.61 Å². The molecule has 0 saturated carbocycles. The molecule has 352 valence electrons. The molecular formula is C57H94O5. The first-order valence-corrected chi connectivity index (χ1v) is 25.4. The summed E-state index contributed by atoms with van der Waals surface area (Å²) in [5.41, 5.74) is 0. The van der Waals surface area contributed by atoms with Gasteiger partial charge in [-0.25, -0.2) is 0 Å². The fourth-order valence-electron chi connectivity index (χ4n) is 6.57. The van der Waals surface area contributed by atoms with Crippen molar-refractivity contribution < 1.29 is 23.8 Å². The Balaban J connectivity index is 4.41. The molecule has 0 N–H and O–H groups in total. The molecule has 5 nitrogen and oxygen atoms in total. The number of hydrogen-bond acceptors (Lipinski definition) is 5. The molecule has 0 radical (unpaired) electrons. The van der Waals surface area contributed by atoms with Crippen LogP contribution in [0.1, 0.15) is 213 Å². The average Bonchev–Trinajstić information content (AvgIpc) is 3.27. The van der Waals surface area contributed by atoms with Crippen molar-refractivity contribution in [2.45, 2.75) is 219 Å². The van der Waals surface area contributed by atoms with Crippen molar-refractivity contribution in [2.24, 2.45) is 0 Å². The van der Waals surface area contributed by atoms with Crippen LogP contribution in [0.15, 0.2) is 109 Å². The van der Waals surface area contributed by atoms with E-state index in [-0.39, 0.29) is 31.6 Å². The number of ether oxygens (including phenoxy) is 3. The van der Waals surface area contributed by atoms with E-state index >= 15 is 0 Å². The zero-order valence-corrected chi connectivity index (χ0v) is 40.3. The molecular weight excluding hydrogens is 765 g/mol. The minimum atomic E-state index is -0.593. The molecule has 0 aliphatic rings. The number of hydrogen-bond donors (Lipinski definition) is 0. The van der Waals surface area contributed by atoms with E-state index < -0.39 is 6.10 Å². The first-order valence-electron chi connectivity index (χ1n) is 25.4. The maximum absolute atomic E-state index is 12.7. The lowest BCUT2D eigenvalue weighted by atomic mass is 10.1. The molecule has 0 saturated heterocycles. The fourth-order valence-corrected chi connectivity index (χ4v) is 6.57. The van der Waals surface area contributed by atoms with Crippen LogP contribution in [0.25, 0.3) is 0 Å². The van der Waals surface area contributed by atoms with Gasteiger partial charge in [-0.1, -0.05) is 201 Å². The van der Waals surface area contributed by atoms with Crippen molar-refractivity contribution in [3.8, 4) is 0 Å². The van der Waals surface area contributed by atoms with Crippen LogP contribution in [-0.4, -0.2) is 37.9 Å². The summed E-state index contributed by atoms with van der Waals surface area (Å²) in [7, 11) is 0. The Labute approximate surface area is 383 Å². The highest BCUT2D eigenvalue weighted by Crippen LogP contribution is 2.12. The van der Waals surface area contributed by atoms with Gasteiger partial charge in [0.15, 0.2) is 6.10 Å². The van der Waals surface area contributed by atoms with Gasteiger partial charge in [-0.3, -0.25) is 9.59 Å². The first-order chi connectivity index (χ1) is 30.6. The second-order valence-corrected chi connectivity index (χ2v) is 16.3. The smallest absolute Gasteiger partial charge is 0.306 e. The highest BCUT2D eigenvalue weighted by Gasteiger charge is 2.17. The highest BCUT2D eigenvalue weighted by molar-refractivity contribution is 5.70. The Bertz CT molecular complexity index is 1250. The molecule has 0 aromatic heterocycles. The van der Waals surface area contributed by atoms with Crippen molar-refractivity contribution in [3.63, 3.8) is 0 Å². The average molecular weight is 859 g/mol. The van der Waals surface area contributed by atoms with Crippen LogP contribution in [0.5, 0.6) is 0 Å². The maximum atomic E-state index is 12.7. The van der Waals surface area contributed by atoms with Crippen LogP contribution in [-0.2, 0) is 23.8 Å². The van der Waals surface area contributed by atoms with Gasteiger partial charge in [-0.15, -0.1) is 0 Å². The molecule has 0 amide bonds. The minimum absolute atomic E-state index is 0.0386. The second kappa shape index (κ2) is 51.9. The summed E-state index contributed by atoms with van der Waals surface area (Å²) in [5.74, 6) is -0.517. The maximum Gasteiger partial charge on any atom is 0.306 e. The van der Waals surface area contributed by atoms with Gasteiger partial charge >= 0.3 is 11.9 Å². The predicted octanol–water partition coefficient (Wildman–Crippen LogP) is 17.2. The number of allylic oxidation sites excluding steroid dienone is 18. The van der Waals surface area contributed by atoms with Crippen molar-refractivity contribution in [3.05, 3.63) is 109 Å². The zero-order chi connectivity index (χ0) is 44.9. The van der Waals surface area contributed by atoms with Gasteiger partial charge in [0.2, 0.25) is 0 Å². The summed E-state index contributed by atoms with van der Waals surface area (Å²) in [4.78, 5) is 25.3. The normalized spacial score (nSPS) is 13.1. The number of rotatable bonds is 45. The molecule has 0 aliphatic heterocycles. The topological polar surface area (TPSA) is 61.8 Å². The van der Waals surface area contributed by atoms with Crippen LogP contribution in [0, 0.1) is 0 Å². The highest BCUT2D eigenvalue weighted by atomic mass is 16.6. The van der Waals surface area contributed by atoms with Gasteiger partial charge in [0, 0.05) is 19.4 Å². The van der Waals surface area contributed by atoms with Crippen LogP contribution in [0.3, 0.4) is 0 Å². The van der Waals surface area contributed by atoms with Crippen LogP contribution < -0.4 is 0 Å². The Morgan fingerprint density at radius 1 is 0.371 bits per heavy atom. The molecule has 1 atom stereocenters. The summed E-state index contributed by atoms with van der Waals surface area (Å²) >= 11 is 0. The van der Waals surface area contributed by atoms with Gasteiger partial charge in [-0.2, -0.15) is 0 Å². The van der Waals surface area contributed by atoms with Crippen LogP contribution in [0.4, 0.5) is 0 Å². The third-order valence-electron chi connectivity index (χ3n) is 10.3. The molecule has 0 aliphatic carbocycles. The van der Waals surface area contributed by atoms with E-state index in [1.165, 1.54) is 77.0 Å². The summed E-state index contributed by atoms with van der Waals surface area (Å²) in [6, 6.07) is 0. The molecule has 1 unspecified atom stereocenters. The third-order valence-corrected chi connectivity index (χ3v) is 10.3. The molecule has 5 heteroatoms. The predicted molar refractivity (Wildman–Crippen MR) is 269 cm³/mol. The zero-order valence-electron chi connectivity index (χ0n) is 40.3. The van der Waals surface area contributed by atoms with Gasteiger partial charge < -0.3 is 14.2 Å². The quantitative estimate of drug-likeness (QED) is 0.0347. The Morgan fingerprint density at radius 2 is 0.758 bits per heavy atom. The number of unbranched alkanes of at least 4 members (excludes halogenated alkanes) is 16. The number of carbonyl (C=O) groups is 2. The Kier molecular flexibility index (Phi) is 49.0. The van der Waals surface area contributed by atoms with Gasteiger partial charge in [0.25, 0.3) is 0 Å². The van der Waals surface area contributed by atoms with E-state index in [1.807, 2.05) is 6.08 Å². The largest absolute Gasteiger partial charge is 0.462 e. The number of carbonyl (C=O) groups excluding carboxylic acids is 2. The van der Waals surface area contributed by atoms with E-state index in [4.69, 9.17) is 14.2 Å². The van der Waals surface area contributed by atoms with Crippen molar-refractivity contribution in [2.75, 3.05) is 19.8 Å². The molecule has 0 bridgehead atoms. The summed E-state index contributed by atoms with van der Waals surface area (Å²) in [6.45, 7) is 7.45. The standard InChI is InChI=1S/C57H94O5/c1-4-7-10-13-16-19-22-25-27-28-29-31-34-37-40-43-46-49-52-60-53-55(62-57(59)51-48-45-42-39-36-32-24-21-18-15-12-9-6-3)54-61-56(58)50-47-44-41-38-35-33-30-26-23-20-17-14-11-8-5-2/h7,9-10,12,16,18-19,21,25-27,29-32,36,42,45,55H,4-6,8,11,13-15,17,20,22-24,28,33-35,37-41,43-44,46-54H2,1-3H3/b10-7-,12-9-,19-16-,21-18-,27-25-,30-26-,31-29-,36-32-,45-42-. The number of esters is 2. The van der Waals surface area contributed by atoms with E-state index in [0.29, 0.717) is 19.4 Å². The molecule has 0 aromatic carbocycles. The van der Waals surface area contributed by atoms with Gasteiger partial charge in [-0.05, 0) is 109 Å². The van der Waals surface area contributed by atoms with E-state index in [2.05, 4.69) is 124 Å². The minimum Gasteiger partial charge on any atom is -0.462 e. The van der Waals surface area contributed by atoms with Crippen molar-refractivity contribution in [1.29, 1.82) is 0 Å². The monoisotopic (exact) mass is 859 g/mol. The molecule has 0 heterocycles. The third kappa shape index (κ3) is 49.2. The van der Waals surface area contributed by atoms with E-state index in [9.17, 15) is 9.59 Å². The first kappa shape index (κ1) is 58.6. The Hall–Kier alpha value is -3.44. The van der Waals surface area contributed by atoms with Crippen molar-refractivity contribution in [1.82, 2.24) is 0 Å². The van der Waals surface area contributed by atoms with Crippen LogP contribution >= 0.6 is 0 Å². The van der Waals surface area contributed by atoms with E-state index in [0.717, 1.165) is 96.3 Å². The Morgan fingerprint density at radius 3 is 1.24 bits per heavy atom. The lowest BCUT2D eigenvalue weighted by Crippen LogP contribution is -2.30. The fraction of sp³-hybridized carbons (Fsp3) is 0.649. The second-order valence-electron chi connectivity index (χ2n) is 16.3. The lowest BCUT2D eigenvalue weighted by Gasteiger charge is -2.18. The van der Waals surface area contributed by atoms with Crippen molar-refractivity contribution >= 4 is 11.9 Å². The van der Waals surface area contributed by atoms with Gasteiger partial charge in [0.05, 0.1) is 6.61 Å². The SMILES string of the molecule is CC/C=C\C/C=C\C/C=C\C/C=C\CCCCCCCOCC(COC(=O)CCCCCCC/C=C\CCCCCCCC)OC(=O)CC/C=C\C/C=C\C/C=C\C/C=C\CC. The molecule has 0 fully saturated rings. The molecule has 0 rings (SSSR count). The molecule has 0 spiro atoms. The summed E-state index contributed by atoms with van der Waals surface area (Å²) < 4.78 is 17.3. The molecule has 0 aromatic rings. The van der Waals surface area contributed by atoms with E-state index in [1.54, 1.807) is 0 Å². The summed E-state index contributed by atoms with van der Waals surface area (Å²) in [5, 5.41) is 0.